The van der Waals surface area contributed by atoms with E-state index in [0.29, 0.717) is 5.88 Å². The highest BCUT2D eigenvalue weighted by Gasteiger charge is 2.12. The number of rotatable bonds is 4. The highest BCUT2D eigenvalue weighted by atomic mass is 35.5. The highest BCUT2D eigenvalue weighted by molar-refractivity contribution is 6.17. The molecule has 0 unspecified atom stereocenters. The Balaban J connectivity index is 2.01. The van der Waals surface area contributed by atoms with Gasteiger partial charge in [0.25, 0.3) is 0 Å². The number of hydrogen-bond donors (Lipinski definition) is 0. The molecule has 0 amide bonds. The minimum Gasteiger partial charge on any atom is -0.122 e. The average molecular weight is 311 g/mol. The molecule has 0 saturated carbocycles. The Morgan fingerprint density at radius 3 is 2.09 bits per heavy atom. The number of allylic oxidation sites excluding steroid dienone is 2. The van der Waals surface area contributed by atoms with Gasteiger partial charge in [0.05, 0.1) is 0 Å². The van der Waals surface area contributed by atoms with Gasteiger partial charge in [0.1, 0.15) is 0 Å². The van der Waals surface area contributed by atoms with Crippen molar-refractivity contribution in [3.8, 4) is 0 Å². The summed E-state index contributed by atoms with van der Waals surface area (Å²) in [6, 6.07) is 17.0. The fourth-order valence-corrected chi connectivity index (χ4v) is 2.37. The zero-order chi connectivity index (χ0) is 16.0. The van der Waals surface area contributed by atoms with Gasteiger partial charge in [0, 0.05) is 5.88 Å². The van der Waals surface area contributed by atoms with Gasteiger partial charge in [0.2, 0.25) is 0 Å². The number of alkyl halides is 1. The summed E-state index contributed by atoms with van der Waals surface area (Å²) >= 11 is 5.85. The van der Waals surface area contributed by atoms with Crippen molar-refractivity contribution in [1.82, 2.24) is 0 Å². The molecule has 0 saturated heterocycles. The summed E-state index contributed by atoms with van der Waals surface area (Å²) in [5.74, 6) is 0.553. The van der Waals surface area contributed by atoms with Gasteiger partial charge in [-0.25, -0.2) is 0 Å². The molecule has 2 aromatic carbocycles. The van der Waals surface area contributed by atoms with E-state index in [1.807, 2.05) is 12.1 Å². The first kappa shape index (κ1) is 16.6. The van der Waals surface area contributed by atoms with E-state index in [-0.39, 0.29) is 5.41 Å². The van der Waals surface area contributed by atoms with Crippen LogP contribution >= 0.6 is 11.6 Å². The van der Waals surface area contributed by atoms with Crippen molar-refractivity contribution in [2.24, 2.45) is 0 Å². The Labute approximate surface area is 139 Å². The average Bonchev–Trinajstić information content (AvgIpc) is 2.51. The molecule has 1 heteroatoms. The Hall–Kier alpha value is -1.79. The Morgan fingerprint density at radius 1 is 0.864 bits per heavy atom. The molecule has 0 aromatic heterocycles. The van der Waals surface area contributed by atoms with E-state index in [9.17, 15) is 0 Å². The van der Waals surface area contributed by atoms with Crippen molar-refractivity contribution in [1.29, 1.82) is 0 Å². The fraction of sp³-hybridized carbons (Fsp3) is 0.238. The van der Waals surface area contributed by atoms with E-state index in [1.54, 1.807) is 0 Å². The van der Waals surface area contributed by atoms with Crippen molar-refractivity contribution in [3.63, 3.8) is 0 Å². The van der Waals surface area contributed by atoms with Gasteiger partial charge in [-0.05, 0) is 27.7 Å². The lowest BCUT2D eigenvalue weighted by molar-refractivity contribution is 0.590. The minimum absolute atomic E-state index is 0.204. The van der Waals surface area contributed by atoms with Crippen LogP contribution in [0.5, 0.6) is 0 Å². The second kappa shape index (κ2) is 7.47. The van der Waals surface area contributed by atoms with E-state index in [2.05, 4.69) is 81.5 Å². The second-order valence-corrected chi connectivity index (χ2v) is 6.74. The molecule has 0 heterocycles. The molecule has 0 aliphatic carbocycles. The van der Waals surface area contributed by atoms with Crippen molar-refractivity contribution in [2.45, 2.75) is 32.1 Å². The molecule has 2 aromatic rings. The molecule has 22 heavy (non-hydrogen) atoms. The van der Waals surface area contributed by atoms with E-state index < -0.39 is 0 Å². The first-order valence-electron chi connectivity index (χ1n) is 7.59. The summed E-state index contributed by atoms with van der Waals surface area (Å²) in [5.41, 5.74) is 5.09. The summed E-state index contributed by atoms with van der Waals surface area (Å²) in [4.78, 5) is 0. The third-order valence-corrected chi connectivity index (χ3v) is 3.88. The summed E-state index contributed by atoms with van der Waals surface area (Å²) in [6.45, 7) is 6.70. The maximum absolute atomic E-state index is 5.85. The molecule has 2 rings (SSSR count). The molecular formula is C21H23Cl. The molecule has 0 spiro atoms. The normalized spacial score (nSPS) is 12.4. The third-order valence-electron chi connectivity index (χ3n) is 3.57. The van der Waals surface area contributed by atoms with Gasteiger partial charge >= 0.3 is 0 Å². The first-order valence-corrected chi connectivity index (χ1v) is 8.13. The summed E-state index contributed by atoms with van der Waals surface area (Å²) < 4.78 is 0. The molecule has 0 atom stereocenters. The third kappa shape index (κ3) is 4.89. The van der Waals surface area contributed by atoms with Crippen molar-refractivity contribution in [3.05, 3.63) is 82.9 Å². The quantitative estimate of drug-likeness (QED) is 0.449. The molecule has 0 aliphatic heterocycles. The van der Waals surface area contributed by atoms with Gasteiger partial charge < -0.3 is 0 Å². The molecule has 0 fully saturated rings. The van der Waals surface area contributed by atoms with Crippen LogP contribution in [0.2, 0.25) is 0 Å². The van der Waals surface area contributed by atoms with E-state index >= 15 is 0 Å². The van der Waals surface area contributed by atoms with E-state index in [0.717, 1.165) is 5.56 Å². The smallest absolute Gasteiger partial charge is 0.0474 e. The predicted molar refractivity (Wildman–Crippen MR) is 99.2 cm³/mol. The van der Waals surface area contributed by atoms with Crippen molar-refractivity contribution < 1.29 is 0 Å². The molecule has 0 nitrogen and oxygen atoms in total. The van der Waals surface area contributed by atoms with Crippen LogP contribution in [0.1, 0.15) is 43.0 Å². The second-order valence-electron chi connectivity index (χ2n) is 6.47. The van der Waals surface area contributed by atoms with Gasteiger partial charge in [-0.15, -0.1) is 11.6 Å². The van der Waals surface area contributed by atoms with Crippen LogP contribution in [-0.4, -0.2) is 0 Å². The lowest BCUT2D eigenvalue weighted by atomic mass is 9.87. The molecule has 114 valence electrons. The maximum atomic E-state index is 5.85. The van der Waals surface area contributed by atoms with Crippen LogP contribution in [-0.2, 0) is 11.3 Å². The molecule has 0 bridgehead atoms. The largest absolute Gasteiger partial charge is 0.122 e. The molecule has 0 N–H and O–H groups in total. The summed E-state index contributed by atoms with van der Waals surface area (Å²) in [5, 5.41) is 0. The van der Waals surface area contributed by atoms with Crippen LogP contribution in [0.3, 0.4) is 0 Å². The van der Waals surface area contributed by atoms with Gasteiger partial charge in [0.15, 0.2) is 0 Å². The lowest BCUT2D eigenvalue weighted by Crippen LogP contribution is -2.10. The maximum Gasteiger partial charge on any atom is 0.0474 e. The minimum atomic E-state index is 0.204. The summed E-state index contributed by atoms with van der Waals surface area (Å²) in [6.07, 6.45) is 8.34. The number of hydrogen-bond acceptors (Lipinski definition) is 0. The Kier molecular flexibility index (Phi) is 5.63. The molecular weight excluding hydrogens is 288 g/mol. The van der Waals surface area contributed by atoms with Gasteiger partial charge in [-0.2, -0.15) is 0 Å². The SMILES string of the molecule is CC(C)(C)c1ccc(C=CC=Cc2cccc(CCl)c2)cc1. The van der Waals surface area contributed by atoms with Crippen molar-refractivity contribution in [2.75, 3.05) is 0 Å². The Morgan fingerprint density at radius 2 is 1.50 bits per heavy atom. The van der Waals surface area contributed by atoms with Crippen LogP contribution in [0.4, 0.5) is 0 Å². The van der Waals surface area contributed by atoms with Crippen LogP contribution in [0, 0.1) is 0 Å². The van der Waals surface area contributed by atoms with Crippen molar-refractivity contribution >= 4 is 23.8 Å². The lowest BCUT2D eigenvalue weighted by Gasteiger charge is -2.18. The number of halogens is 1. The van der Waals surface area contributed by atoms with Crippen LogP contribution < -0.4 is 0 Å². The molecule has 0 radical (unpaired) electrons. The zero-order valence-electron chi connectivity index (χ0n) is 13.5. The zero-order valence-corrected chi connectivity index (χ0v) is 14.3. The molecule has 0 aliphatic rings. The first-order chi connectivity index (χ1) is 10.5. The monoisotopic (exact) mass is 310 g/mol. The number of benzene rings is 2. The van der Waals surface area contributed by atoms with Gasteiger partial charge in [-0.3, -0.25) is 0 Å². The predicted octanol–water partition coefficient (Wildman–Crippen LogP) is 6.45. The van der Waals surface area contributed by atoms with Crippen LogP contribution in [0.25, 0.3) is 12.2 Å². The topological polar surface area (TPSA) is 0 Å². The van der Waals surface area contributed by atoms with E-state index in [4.69, 9.17) is 11.6 Å². The summed E-state index contributed by atoms with van der Waals surface area (Å²) in [7, 11) is 0. The standard InChI is InChI=1S/C21H23Cl/c1-21(2,3)20-13-11-17(12-14-20)7-4-5-8-18-9-6-10-19(15-18)16-22/h4-15H,16H2,1-3H3. The van der Waals surface area contributed by atoms with Crippen LogP contribution in [0.15, 0.2) is 60.7 Å². The highest BCUT2D eigenvalue weighted by Crippen LogP contribution is 2.22. The Bertz CT molecular complexity index is 655. The van der Waals surface area contributed by atoms with Gasteiger partial charge in [-0.1, -0.05) is 93.6 Å². The van der Waals surface area contributed by atoms with E-state index in [1.165, 1.54) is 16.7 Å². The fourth-order valence-electron chi connectivity index (χ4n) is 2.21.